The second-order valence-electron chi connectivity index (χ2n) is 3.13. The molecule has 92 valence electrons. The van der Waals surface area contributed by atoms with Crippen LogP contribution >= 0.6 is 0 Å². The van der Waals surface area contributed by atoms with Crippen molar-refractivity contribution < 1.29 is 22.6 Å². The van der Waals surface area contributed by atoms with E-state index in [2.05, 4.69) is 9.72 Å². The lowest BCUT2D eigenvalue weighted by molar-refractivity contribution is -0.275. The van der Waals surface area contributed by atoms with Gasteiger partial charge in [0.15, 0.2) is 11.5 Å². The lowest BCUT2D eigenvalue weighted by atomic mass is 10.2. The third-order valence-corrected chi connectivity index (χ3v) is 1.91. The fourth-order valence-corrected chi connectivity index (χ4v) is 1.26. The Morgan fingerprint density at radius 3 is 2.53 bits per heavy atom. The van der Waals surface area contributed by atoms with Crippen LogP contribution in [0, 0.1) is 18.3 Å². The second-order valence-corrected chi connectivity index (χ2v) is 3.13. The van der Waals surface area contributed by atoms with E-state index in [1.165, 1.54) is 20.2 Å². The van der Waals surface area contributed by atoms with E-state index in [-0.39, 0.29) is 23.4 Å². The molecule has 0 N–H and O–H groups in total. The maximum Gasteiger partial charge on any atom is 0.573 e. The van der Waals surface area contributed by atoms with Gasteiger partial charge in [-0.3, -0.25) is 4.98 Å². The van der Waals surface area contributed by atoms with E-state index >= 15 is 0 Å². The fraction of sp³-hybridized carbons (Fsp3) is 0.400. The molecule has 0 unspecified atom stereocenters. The Kier molecular flexibility index (Phi) is 3.78. The third-order valence-electron chi connectivity index (χ3n) is 1.91. The van der Waals surface area contributed by atoms with E-state index < -0.39 is 12.1 Å². The van der Waals surface area contributed by atoms with Gasteiger partial charge in [-0.05, 0) is 6.92 Å². The van der Waals surface area contributed by atoms with Crippen LogP contribution in [0.25, 0.3) is 0 Å². The van der Waals surface area contributed by atoms with Crippen LogP contribution in [0.3, 0.4) is 0 Å². The number of hydrogen-bond acceptors (Lipinski definition) is 4. The molecule has 0 atom stereocenters. The van der Waals surface area contributed by atoms with Crippen molar-refractivity contribution in [3.05, 3.63) is 17.5 Å². The molecule has 0 radical (unpaired) electrons. The first-order valence-electron chi connectivity index (χ1n) is 4.54. The van der Waals surface area contributed by atoms with Gasteiger partial charge in [0.05, 0.1) is 19.6 Å². The molecule has 0 aliphatic carbocycles. The van der Waals surface area contributed by atoms with Crippen molar-refractivity contribution in [1.29, 1.82) is 5.26 Å². The van der Waals surface area contributed by atoms with Gasteiger partial charge in [0.2, 0.25) is 0 Å². The predicted molar refractivity (Wildman–Crippen MR) is 51.5 cm³/mol. The molecular formula is C10H9F3N2O2. The molecule has 1 aromatic rings. The van der Waals surface area contributed by atoms with Crippen molar-refractivity contribution in [1.82, 2.24) is 4.98 Å². The van der Waals surface area contributed by atoms with Gasteiger partial charge in [0.1, 0.15) is 5.69 Å². The summed E-state index contributed by atoms with van der Waals surface area (Å²) in [5, 5.41) is 8.52. The first-order valence-corrected chi connectivity index (χ1v) is 4.54. The first kappa shape index (κ1) is 13.1. The SMILES string of the molecule is COc1c(CC#N)ncc(C)c1OC(F)(F)F. The normalized spacial score (nSPS) is 10.8. The van der Waals surface area contributed by atoms with Gasteiger partial charge in [-0.2, -0.15) is 5.26 Å². The number of alkyl halides is 3. The van der Waals surface area contributed by atoms with Crippen molar-refractivity contribution in [3.63, 3.8) is 0 Å². The largest absolute Gasteiger partial charge is 0.573 e. The quantitative estimate of drug-likeness (QED) is 0.821. The molecule has 1 rings (SSSR count). The van der Waals surface area contributed by atoms with Crippen molar-refractivity contribution >= 4 is 0 Å². The summed E-state index contributed by atoms with van der Waals surface area (Å²) >= 11 is 0. The molecule has 0 aliphatic rings. The van der Waals surface area contributed by atoms with Crippen LogP contribution in [0.15, 0.2) is 6.20 Å². The lowest BCUT2D eigenvalue weighted by Crippen LogP contribution is -2.19. The van der Waals surface area contributed by atoms with Crippen LogP contribution in [0.5, 0.6) is 11.5 Å². The minimum atomic E-state index is -4.82. The Labute approximate surface area is 95.6 Å². The van der Waals surface area contributed by atoms with Crippen molar-refractivity contribution in [3.8, 4) is 17.6 Å². The fourth-order valence-electron chi connectivity index (χ4n) is 1.26. The molecule has 7 heteroatoms. The Morgan fingerprint density at radius 1 is 1.41 bits per heavy atom. The number of rotatable bonds is 3. The van der Waals surface area contributed by atoms with Gasteiger partial charge in [-0.1, -0.05) is 0 Å². The predicted octanol–water partition coefficient (Wildman–Crippen LogP) is 2.36. The van der Waals surface area contributed by atoms with Crippen molar-refractivity contribution in [2.24, 2.45) is 0 Å². The number of nitriles is 1. The van der Waals surface area contributed by atoms with Crippen molar-refractivity contribution in [2.75, 3.05) is 7.11 Å². The zero-order chi connectivity index (χ0) is 13.1. The first-order chi connectivity index (χ1) is 7.89. The molecule has 0 fully saturated rings. The third kappa shape index (κ3) is 3.24. The minimum absolute atomic E-state index is 0.111. The summed E-state index contributed by atoms with van der Waals surface area (Å²) in [6, 6.07) is 1.79. The van der Waals surface area contributed by atoms with E-state index in [4.69, 9.17) is 10.00 Å². The van der Waals surface area contributed by atoms with Gasteiger partial charge in [0.25, 0.3) is 0 Å². The molecule has 0 saturated heterocycles. The molecule has 0 amide bonds. The molecule has 1 heterocycles. The summed E-state index contributed by atoms with van der Waals surface area (Å²) in [6.45, 7) is 1.41. The second kappa shape index (κ2) is 4.91. The number of hydrogen-bond donors (Lipinski definition) is 0. The van der Waals surface area contributed by atoms with E-state index in [9.17, 15) is 13.2 Å². The van der Waals surface area contributed by atoms with Crippen LogP contribution in [0.1, 0.15) is 11.3 Å². The monoisotopic (exact) mass is 246 g/mol. The molecular weight excluding hydrogens is 237 g/mol. The Balaban J connectivity index is 3.26. The zero-order valence-electron chi connectivity index (χ0n) is 9.13. The zero-order valence-corrected chi connectivity index (χ0v) is 9.13. The van der Waals surface area contributed by atoms with E-state index in [0.29, 0.717) is 0 Å². The van der Waals surface area contributed by atoms with E-state index in [1.807, 2.05) is 0 Å². The Bertz CT molecular complexity index is 452. The van der Waals surface area contributed by atoms with Crippen LogP contribution in [0.4, 0.5) is 13.2 Å². The summed E-state index contributed by atoms with van der Waals surface area (Å²) < 4.78 is 45.3. The van der Waals surface area contributed by atoms with Crippen molar-refractivity contribution in [2.45, 2.75) is 19.7 Å². The highest BCUT2D eigenvalue weighted by Gasteiger charge is 2.34. The van der Waals surface area contributed by atoms with Gasteiger partial charge in [-0.15, -0.1) is 13.2 Å². The smallest absolute Gasteiger partial charge is 0.491 e. The maximum absolute atomic E-state index is 12.2. The molecule has 0 bridgehead atoms. The highest BCUT2D eigenvalue weighted by Crippen LogP contribution is 2.36. The highest BCUT2D eigenvalue weighted by atomic mass is 19.4. The molecule has 0 aliphatic heterocycles. The summed E-state index contributed by atoms with van der Waals surface area (Å²) in [6.07, 6.45) is -3.77. The summed E-state index contributed by atoms with van der Waals surface area (Å²) in [4.78, 5) is 3.83. The lowest BCUT2D eigenvalue weighted by Gasteiger charge is -2.16. The molecule has 0 spiro atoms. The van der Waals surface area contributed by atoms with E-state index in [1.54, 1.807) is 6.07 Å². The molecule has 4 nitrogen and oxygen atoms in total. The number of methoxy groups -OCH3 is 1. The highest BCUT2D eigenvalue weighted by molar-refractivity contribution is 5.48. The Morgan fingerprint density at radius 2 is 2.06 bits per heavy atom. The molecule has 0 aromatic carbocycles. The topological polar surface area (TPSA) is 55.1 Å². The molecule has 0 saturated carbocycles. The summed E-state index contributed by atoms with van der Waals surface area (Å²) in [7, 11) is 1.20. The average molecular weight is 246 g/mol. The number of halogens is 3. The maximum atomic E-state index is 12.2. The number of aryl methyl sites for hydroxylation is 1. The van der Waals surface area contributed by atoms with Crippen LogP contribution in [-0.4, -0.2) is 18.5 Å². The summed E-state index contributed by atoms with van der Waals surface area (Å²) in [5.41, 5.74) is 0.292. The number of ether oxygens (including phenoxy) is 2. The van der Waals surface area contributed by atoms with Gasteiger partial charge < -0.3 is 9.47 Å². The number of aromatic nitrogens is 1. The van der Waals surface area contributed by atoms with Crippen LogP contribution in [0.2, 0.25) is 0 Å². The van der Waals surface area contributed by atoms with Gasteiger partial charge in [0, 0.05) is 11.8 Å². The van der Waals surface area contributed by atoms with E-state index in [0.717, 1.165) is 0 Å². The average Bonchev–Trinajstić information content (AvgIpc) is 2.22. The van der Waals surface area contributed by atoms with Crippen LogP contribution in [-0.2, 0) is 6.42 Å². The van der Waals surface area contributed by atoms with Gasteiger partial charge >= 0.3 is 6.36 Å². The standard InChI is InChI=1S/C10H9F3N2O2/c1-6-5-15-7(3-4-14)9(16-2)8(6)17-10(11,12)13/h5H,3H2,1-2H3. The molecule has 17 heavy (non-hydrogen) atoms. The van der Waals surface area contributed by atoms with Crippen LogP contribution < -0.4 is 9.47 Å². The number of nitrogens with zero attached hydrogens (tertiary/aromatic N) is 2. The minimum Gasteiger partial charge on any atom is -0.491 e. The van der Waals surface area contributed by atoms with Gasteiger partial charge in [-0.25, -0.2) is 0 Å². The molecule has 1 aromatic heterocycles. The number of pyridine rings is 1. The Hall–Kier alpha value is -1.97. The summed E-state index contributed by atoms with van der Waals surface area (Å²) in [5.74, 6) is -0.621.